The zero-order valence-corrected chi connectivity index (χ0v) is 16.8. The molecule has 0 saturated carbocycles. The van der Waals surface area contributed by atoms with Crippen molar-refractivity contribution < 1.29 is 14.1 Å². The van der Waals surface area contributed by atoms with Crippen molar-refractivity contribution in [1.29, 1.82) is 0 Å². The summed E-state index contributed by atoms with van der Waals surface area (Å²) < 4.78 is 12.0. The Hall–Kier alpha value is -2.94. The first-order valence-corrected chi connectivity index (χ1v) is 9.90. The molecule has 1 aliphatic heterocycles. The number of carbonyl (C=O) groups excluding carboxylic acids is 1. The molecule has 9 nitrogen and oxygen atoms in total. The molecular weight excluding hydrogens is 372 g/mol. The zero-order chi connectivity index (χ0) is 20.2. The van der Waals surface area contributed by atoms with Gasteiger partial charge in [0.25, 0.3) is 5.88 Å². The van der Waals surface area contributed by atoms with E-state index in [2.05, 4.69) is 33.5 Å². The van der Waals surface area contributed by atoms with Crippen molar-refractivity contribution in [2.45, 2.75) is 31.7 Å². The fourth-order valence-electron chi connectivity index (χ4n) is 3.78. The highest BCUT2D eigenvalue weighted by molar-refractivity contribution is 5.79. The Balaban J connectivity index is 1.34. The number of rotatable bonds is 8. The second-order valence-electron chi connectivity index (χ2n) is 7.42. The molecule has 0 aliphatic carbocycles. The molecule has 0 aromatic carbocycles. The van der Waals surface area contributed by atoms with Crippen LogP contribution >= 0.6 is 0 Å². The summed E-state index contributed by atoms with van der Waals surface area (Å²) >= 11 is 0. The first kappa shape index (κ1) is 19.4. The van der Waals surface area contributed by atoms with Gasteiger partial charge in [0.15, 0.2) is 5.65 Å². The maximum Gasteiger partial charge on any atom is 0.254 e. The van der Waals surface area contributed by atoms with Crippen molar-refractivity contribution in [1.82, 2.24) is 30.1 Å². The van der Waals surface area contributed by atoms with Gasteiger partial charge in [-0.1, -0.05) is 0 Å². The SMILES string of the molecule is COc1cc(CCC(=O)NCCn2nc(C3CCN(C)C3)c3cccnc32)on1. The first-order chi connectivity index (χ1) is 14.1. The molecule has 1 amide bonds. The summed E-state index contributed by atoms with van der Waals surface area (Å²) in [6.07, 6.45) is 3.71. The van der Waals surface area contributed by atoms with E-state index in [-0.39, 0.29) is 5.91 Å². The fourth-order valence-corrected chi connectivity index (χ4v) is 3.78. The summed E-state index contributed by atoms with van der Waals surface area (Å²) in [6.45, 7) is 3.18. The average molecular weight is 398 g/mol. The van der Waals surface area contributed by atoms with Crippen molar-refractivity contribution in [3.63, 3.8) is 0 Å². The number of carbonyl (C=O) groups is 1. The zero-order valence-electron chi connectivity index (χ0n) is 16.8. The molecule has 4 rings (SSSR count). The quantitative estimate of drug-likeness (QED) is 0.615. The van der Waals surface area contributed by atoms with E-state index in [0.717, 1.165) is 36.2 Å². The van der Waals surface area contributed by atoms with Crippen LogP contribution in [-0.4, -0.2) is 64.5 Å². The van der Waals surface area contributed by atoms with Crippen LogP contribution < -0.4 is 10.1 Å². The van der Waals surface area contributed by atoms with E-state index in [1.165, 1.54) is 7.11 Å². The number of amides is 1. The van der Waals surface area contributed by atoms with Crippen molar-refractivity contribution in [2.24, 2.45) is 0 Å². The standard InChI is InChI=1S/C20H26N6O3/c1-25-10-7-14(13-25)19-16-4-3-8-22-20(16)26(23-19)11-9-21-17(27)6-5-15-12-18(28-2)24-29-15/h3-4,8,12,14H,5-7,9-11,13H2,1-2H3,(H,21,27). The Morgan fingerprint density at radius 2 is 2.34 bits per heavy atom. The number of aromatic nitrogens is 4. The van der Waals surface area contributed by atoms with Crippen molar-refractivity contribution in [3.8, 4) is 5.88 Å². The highest BCUT2D eigenvalue weighted by Crippen LogP contribution is 2.30. The van der Waals surface area contributed by atoms with Gasteiger partial charge in [0, 0.05) is 49.5 Å². The number of aryl methyl sites for hydroxylation is 1. The monoisotopic (exact) mass is 398 g/mol. The molecule has 3 aromatic rings. The van der Waals surface area contributed by atoms with Crippen LogP contribution in [0.5, 0.6) is 5.88 Å². The molecule has 29 heavy (non-hydrogen) atoms. The van der Waals surface area contributed by atoms with Gasteiger partial charge in [-0.25, -0.2) is 9.67 Å². The van der Waals surface area contributed by atoms with Gasteiger partial charge in [0.1, 0.15) is 5.76 Å². The van der Waals surface area contributed by atoms with Crippen LogP contribution in [-0.2, 0) is 17.8 Å². The first-order valence-electron chi connectivity index (χ1n) is 9.90. The van der Waals surface area contributed by atoms with E-state index in [0.29, 0.717) is 43.5 Å². The van der Waals surface area contributed by atoms with Crippen LogP contribution in [0.2, 0.25) is 0 Å². The van der Waals surface area contributed by atoms with Gasteiger partial charge in [0.05, 0.1) is 19.3 Å². The van der Waals surface area contributed by atoms with E-state index >= 15 is 0 Å². The Kier molecular flexibility index (Phi) is 5.75. The maximum atomic E-state index is 12.1. The molecule has 1 N–H and O–H groups in total. The number of methoxy groups -OCH3 is 1. The number of pyridine rings is 1. The number of nitrogens with one attached hydrogen (secondary N) is 1. The highest BCUT2D eigenvalue weighted by Gasteiger charge is 2.26. The number of hydrogen-bond donors (Lipinski definition) is 1. The molecule has 154 valence electrons. The molecule has 3 aromatic heterocycles. The lowest BCUT2D eigenvalue weighted by atomic mass is 10.0. The Morgan fingerprint density at radius 1 is 1.45 bits per heavy atom. The minimum Gasteiger partial charge on any atom is -0.479 e. The Morgan fingerprint density at radius 3 is 3.10 bits per heavy atom. The lowest BCUT2D eigenvalue weighted by Gasteiger charge is -2.08. The smallest absolute Gasteiger partial charge is 0.254 e. The van der Waals surface area contributed by atoms with E-state index in [9.17, 15) is 4.79 Å². The van der Waals surface area contributed by atoms with Crippen LogP contribution in [0.25, 0.3) is 11.0 Å². The third-order valence-corrected chi connectivity index (χ3v) is 5.30. The molecule has 0 radical (unpaired) electrons. The van der Waals surface area contributed by atoms with Crippen LogP contribution in [0.3, 0.4) is 0 Å². The molecular formula is C20H26N6O3. The van der Waals surface area contributed by atoms with Crippen LogP contribution in [0.1, 0.15) is 30.2 Å². The lowest BCUT2D eigenvalue weighted by Crippen LogP contribution is -2.27. The highest BCUT2D eigenvalue weighted by atomic mass is 16.5. The Labute approximate surface area is 169 Å². The summed E-state index contributed by atoms with van der Waals surface area (Å²) in [4.78, 5) is 19.0. The normalized spacial score (nSPS) is 17.1. The van der Waals surface area contributed by atoms with Gasteiger partial charge in [0.2, 0.25) is 5.91 Å². The van der Waals surface area contributed by atoms with E-state index in [4.69, 9.17) is 14.4 Å². The minimum atomic E-state index is -0.0394. The number of hydrogen-bond acceptors (Lipinski definition) is 7. The minimum absolute atomic E-state index is 0.0394. The molecule has 4 heterocycles. The lowest BCUT2D eigenvalue weighted by molar-refractivity contribution is -0.121. The third-order valence-electron chi connectivity index (χ3n) is 5.30. The molecule has 1 aliphatic rings. The van der Waals surface area contributed by atoms with Crippen molar-refractivity contribution in [2.75, 3.05) is 33.8 Å². The molecule has 1 atom stereocenters. The van der Waals surface area contributed by atoms with Gasteiger partial charge in [-0.15, -0.1) is 0 Å². The van der Waals surface area contributed by atoms with Crippen molar-refractivity contribution in [3.05, 3.63) is 35.9 Å². The van der Waals surface area contributed by atoms with E-state index < -0.39 is 0 Å². The Bertz CT molecular complexity index is 982. The molecule has 1 unspecified atom stereocenters. The molecule has 0 spiro atoms. The van der Waals surface area contributed by atoms with Gasteiger partial charge >= 0.3 is 0 Å². The number of likely N-dealkylation sites (tertiary alicyclic amines) is 1. The number of ether oxygens (including phenoxy) is 1. The maximum absolute atomic E-state index is 12.1. The van der Waals surface area contributed by atoms with Crippen LogP contribution in [0.15, 0.2) is 28.9 Å². The van der Waals surface area contributed by atoms with E-state index in [1.807, 2.05) is 10.7 Å². The predicted molar refractivity (Wildman–Crippen MR) is 107 cm³/mol. The van der Waals surface area contributed by atoms with Crippen LogP contribution in [0.4, 0.5) is 0 Å². The number of fused-ring (bicyclic) bond motifs is 1. The van der Waals surface area contributed by atoms with Crippen LogP contribution in [0, 0.1) is 0 Å². The number of likely N-dealkylation sites (N-methyl/N-ethyl adjacent to an activating group) is 1. The molecule has 1 fully saturated rings. The molecule has 0 bridgehead atoms. The summed E-state index contributed by atoms with van der Waals surface area (Å²) in [7, 11) is 3.67. The van der Waals surface area contributed by atoms with Gasteiger partial charge in [-0.2, -0.15) is 5.10 Å². The van der Waals surface area contributed by atoms with Gasteiger partial charge in [-0.3, -0.25) is 4.79 Å². The summed E-state index contributed by atoms with van der Waals surface area (Å²) in [5.74, 6) is 1.44. The predicted octanol–water partition coefficient (Wildman–Crippen LogP) is 1.60. The van der Waals surface area contributed by atoms with Crippen molar-refractivity contribution >= 4 is 16.9 Å². The second kappa shape index (κ2) is 8.60. The van der Waals surface area contributed by atoms with Gasteiger partial charge < -0.3 is 19.5 Å². The number of nitrogens with zero attached hydrogens (tertiary/aromatic N) is 5. The molecule has 9 heteroatoms. The molecule has 1 saturated heterocycles. The third kappa shape index (κ3) is 4.40. The average Bonchev–Trinajstić information content (AvgIpc) is 3.45. The second-order valence-corrected chi connectivity index (χ2v) is 7.42. The summed E-state index contributed by atoms with van der Waals surface area (Å²) in [5, 5.41) is 12.6. The van der Waals surface area contributed by atoms with E-state index in [1.54, 1.807) is 12.3 Å². The van der Waals surface area contributed by atoms with Gasteiger partial charge in [-0.05, 0) is 37.3 Å². The topological polar surface area (TPSA) is 98.3 Å². The fraction of sp³-hybridized carbons (Fsp3) is 0.500. The summed E-state index contributed by atoms with van der Waals surface area (Å²) in [6, 6.07) is 5.73. The summed E-state index contributed by atoms with van der Waals surface area (Å²) in [5.41, 5.74) is 1.99. The largest absolute Gasteiger partial charge is 0.479 e.